The van der Waals surface area contributed by atoms with Gasteiger partial charge in [-0.25, -0.2) is 4.39 Å². The number of aromatic nitrogens is 1. The molecule has 0 aliphatic rings. The molecule has 0 fully saturated rings. The average Bonchev–Trinajstić information content (AvgIpc) is 2.67. The van der Waals surface area contributed by atoms with Crippen molar-refractivity contribution in [1.29, 1.82) is 0 Å². The van der Waals surface area contributed by atoms with E-state index in [2.05, 4.69) is 0 Å². The number of halogens is 1. The summed E-state index contributed by atoms with van der Waals surface area (Å²) in [6.07, 6.45) is 1.62. The second-order valence-electron chi connectivity index (χ2n) is 3.75. The number of rotatable bonds is 2. The second kappa shape index (κ2) is 4.06. The van der Waals surface area contributed by atoms with Crippen LogP contribution in [-0.4, -0.2) is 17.1 Å². The molecule has 0 aliphatic heterocycles. The summed E-state index contributed by atoms with van der Waals surface area (Å²) >= 11 is 0. The highest BCUT2D eigenvalue weighted by Crippen LogP contribution is 2.25. The van der Waals surface area contributed by atoms with Crippen molar-refractivity contribution in [1.82, 2.24) is 4.57 Å². The van der Waals surface area contributed by atoms with E-state index >= 15 is 0 Å². The van der Waals surface area contributed by atoms with Gasteiger partial charge in [-0.1, -0.05) is 18.2 Å². The summed E-state index contributed by atoms with van der Waals surface area (Å²) in [5.41, 5.74) is 7.12. The van der Waals surface area contributed by atoms with Crippen LogP contribution in [0.25, 0.3) is 10.9 Å². The standard InChI is InChI=1S/C12H13FN2O/c1-8(16)15-7-10(11(14)6-13)9-4-2-3-5-12(9)15/h2-5,7,11H,6,14H2,1H3/t11-/m1/s1. The highest BCUT2D eigenvalue weighted by atomic mass is 19.1. The number of nitrogens with zero attached hydrogens (tertiary/aromatic N) is 1. The summed E-state index contributed by atoms with van der Waals surface area (Å²) < 4.78 is 14.1. The van der Waals surface area contributed by atoms with Crippen molar-refractivity contribution in [3.63, 3.8) is 0 Å². The molecule has 0 saturated heterocycles. The molecule has 0 spiro atoms. The van der Waals surface area contributed by atoms with E-state index in [9.17, 15) is 9.18 Å². The molecular weight excluding hydrogens is 207 g/mol. The van der Waals surface area contributed by atoms with Gasteiger partial charge in [0.15, 0.2) is 0 Å². The van der Waals surface area contributed by atoms with Crippen LogP contribution in [0.3, 0.4) is 0 Å². The molecule has 1 aromatic heterocycles. The third-order valence-electron chi connectivity index (χ3n) is 2.65. The van der Waals surface area contributed by atoms with Gasteiger partial charge in [0.2, 0.25) is 5.91 Å². The maximum Gasteiger partial charge on any atom is 0.227 e. The summed E-state index contributed by atoms with van der Waals surface area (Å²) in [5.74, 6) is -0.103. The lowest BCUT2D eigenvalue weighted by Gasteiger charge is -2.03. The normalized spacial score (nSPS) is 12.9. The summed E-state index contributed by atoms with van der Waals surface area (Å²) in [7, 11) is 0. The largest absolute Gasteiger partial charge is 0.322 e. The maximum atomic E-state index is 12.6. The molecule has 2 aromatic rings. The minimum atomic E-state index is -0.675. The lowest BCUT2D eigenvalue weighted by atomic mass is 10.1. The van der Waals surface area contributed by atoms with Crippen LogP contribution in [0.1, 0.15) is 23.3 Å². The van der Waals surface area contributed by atoms with Gasteiger partial charge >= 0.3 is 0 Å². The van der Waals surface area contributed by atoms with E-state index in [0.29, 0.717) is 5.56 Å². The average molecular weight is 220 g/mol. The Morgan fingerprint density at radius 3 is 2.81 bits per heavy atom. The van der Waals surface area contributed by atoms with Gasteiger partial charge in [-0.2, -0.15) is 0 Å². The molecular formula is C12H13FN2O. The zero-order valence-electron chi connectivity index (χ0n) is 8.98. The van der Waals surface area contributed by atoms with Crippen LogP contribution in [0, 0.1) is 0 Å². The Morgan fingerprint density at radius 1 is 1.50 bits per heavy atom. The van der Waals surface area contributed by atoms with Gasteiger partial charge in [0.05, 0.1) is 11.6 Å². The van der Waals surface area contributed by atoms with Gasteiger partial charge in [-0.05, 0) is 11.6 Å². The van der Waals surface area contributed by atoms with E-state index < -0.39 is 12.7 Å². The predicted octanol–water partition coefficient (Wildman–Crippen LogP) is 2.27. The highest BCUT2D eigenvalue weighted by molar-refractivity contribution is 5.93. The van der Waals surface area contributed by atoms with E-state index in [1.807, 2.05) is 24.3 Å². The summed E-state index contributed by atoms with van der Waals surface area (Å²) in [6, 6.07) is 6.68. The maximum absolute atomic E-state index is 12.6. The lowest BCUT2D eigenvalue weighted by Crippen LogP contribution is -2.12. The smallest absolute Gasteiger partial charge is 0.227 e. The third-order valence-corrected chi connectivity index (χ3v) is 2.65. The van der Waals surface area contributed by atoms with Crippen LogP contribution in [0.4, 0.5) is 4.39 Å². The molecule has 1 heterocycles. The highest BCUT2D eigenvalue weighted by Gasteiger charge is 2.15. The Morgan fingerprint density at radius 2 is 2.19 bits per heavy atom. The summed E-state index contributed by atoms with van der Waals surface area (Å²) in [4.78, 5) is 11.4. The fourth-order valence-electron chi connectivity index (χ4n) is 1.85. The number of alkyl halides is 1. The number of carbonyl (C=O) groups is 1. The molecule has 0 bridgehead atoms. The van der Waals surface area contributed by atoms with E-state index in [0.717, 1.165) is 10.9 Å². The fraction of sp³-hybridized carbons (Fsp3) is 0.250. The minimum Gasteiger partial charge on any atom is -0.322 e. The zero-order chi connectivity index (χ0) is 11.7. The van der Waals surface area contributed by atoms with Gasteiger partial charge in [0, 0.05) is 18.5 Å². The lowest BCUT2D eigenvalue weighted by molar-refractivity contribution is 0.0941. The monoisotopic (exact) mass is 220 g/mol. The molecule has 0 saturated carbocycles. The number of fused-ring (bicyclic) bond motifs is 1. The Kier molecular flexibility index (Phi) is 2.75. The molecule has 0 unspecified atom stereocenters. The topological polar surface area (TPSA) is 48.0 Å². The molecule has 2 N–H and O–H groups in total. The van der Waals surface area contributed by atoms with Gasteiger partial charge in [-0.15, -0.1) is 0 Å². The van der Waals surface area contributed by atoms with Crippen LogP contribution in [0.5, 0.6) is 0 Å². The molecule has 16 heavy (non-hydrogen) atoms. The van der Waals surface area contributed by atoms with Crippen molar-refractivity contribution in [3.05, 3.63) is 36.0 Å². The number of hydrogen-bond acceptors (Lipinski definition) is 2. The van der Waals surface area contributed by atoms with Crippen LogP contribution in [-0.2, 0) is 0 Å². The number of hydrogen-bond donors (Lipinski definition) is 1. The first-order chi connectivity index (χ1) is 7.65. The van der Waals surface area contributed by atoms with Crippen molar-refractivity contribution in [3.8, 4) is 0 Å². The SMILES string of the molecule is CC(=O)n1cc([C@H](N)CF)c2ccccc21. The van der Waals surface area contributed by atoms with Crippen molar-refractivity contribution in [2.24, 2.45) is 5.73 Å². The first-order valence-corrected chi connectivity index (χ1v) is 5.07. The van der Waals surface area contributed by atoms with Crippen LogP contribution >= 0.6 is 0 Å². The fourth-order valence-corrected chi connectivity index (χ4v) is 1.85. The number of nitrogens with two attached hydrogens (primary N) is 1. The Bertz CT molecular complexity index is 533. The molecule has 1 atom stereocenters. The summed E-state index contributed by atoms with van der Waals surface area (Å²) in [6.45, 7) is 0.836. The van der Waals surface area contributed by atoms with E-state index in [1.54, 1.807) is 6.20 Å². The number of carbonyl (C=O) groups excluding carboxylic acids is 1. The van der Waals surface area contributed by atoms with Gasteiger partial charge in [0.25, 0.3) is 0 Å². The molecule has 3 nitrogen and oxygen atoms in total. The molecule has 0 amide bonds. The number of benzene rings is 1. The van der Waals surface area contributed by atoms with Crippen molar-refractivity contribution in [2.45, 2.75) is 13.0 Å². The zero-order valence-corrected chi connectivity index (χ0v) is 8.98. The van der Waals surface area contributed by atoms with E-state index in [1.165, 1.54) is 11.5 Å². The Balaban J connectivity index is 2.71. The van der Waals surface area contributed by atoms with E-state index in [4.69, 9.17) is 5.73 Å². The molecule has 0 radical (unpaired) electrons. The molecule has 1 aromatic carbocycles. The third kappa shape index (κ3) is 1.61. The molecule has 84 valence electrons. The van der Waals surface area contributed by atoms with Gasteiger partial charge < -0.3 is 5.73 Å². The second-order valence-corrected chi connectivity index (χ2v) is 3.75. The molecule has 0 aliphatic carbocycles. The van der Waals surface area contributed by atoms with E-state index in [-0.39, 0.29) is 5.91 Å². The summed E-state index contributed by atoms with van der Waals surface area (Å²) in [5, 5.41) is 0.836. The van der Waals surface area contributed by atoms with Crippen molar-refractivity contribution in [2.75, 3.05) is 6.67 Å². The molecule has 2 rings (SSSR count). The Hall–Kier alpha value is -1.68. The Labute approximate surface area is 92.7 Å². The minimum absolute atomic E-state index is 0.103. The number of para-hydroxylation sites is 1. The quantitative estimate of drug-likeness (QED) is 0.843. The van der Waals surface area contributed by atoms with Crippen LogP contribution in [0.15, 0.2) is 30.5 Å². The van der Waals surface area contributed by atoms with Crippen LogP contribution < -0.4 is 5.73 Å². The predicted molar refractivity (Wildman–Crippen MR) is 61.1 cm³/mol. The first-order valence-electron chi connectivity index (χ1n) is 5.07. The van der Waals surface area contributed by atoms with Gasteiger partial charge in [0.1, 0.15) is 6.67 Å². The van der Waals surface area contributed by atoms with Crippen molar-refractivity contribution >= 4 is 16.8 Å². The van der Waals surface area contributed by atoms with Crippen LogP contribution in [0.2, 0.25) is 0 Å². The first kappa shape index (κ1) is 10.8. The van der Waals surface area contributed by atoms with Gasteiger partial charge in [-0.3, -0.25) is 9.36 Å². The van der Waals surface area contributed by atoms with Crippen molar-refractivity contribution < 1.29 is 9.18 Å². The molecule has 4 heteroatoms.